The SMILES string of the molecule is CC(NC(=O)C1(C)CCNC1)c1ccc2c(c1)CCCC2.Cl. The topological polar surface area (TPSA) is 41.1 Å². The van der Waals surface area contributed by atoms with Gasteiger partial charge in [-0.2, -0.15) is 0 Å². The third kappa shape index (κ3) is 3.47. The highest BCUT2D eigenvalue weighted by Crippen LogP contribution is 2.28. The number of benzene rings is 1. The Labute approximate surface area is 139 Å². The van der Waals surface area contributed by atoms with Gasteiger partial charge in [-0.1, -0.05) is 18.2 Å². The summed E-state index contributed by atoms with van der Waals surface area (Å²) in [7, 11) is 0. The Hall–Kier alpha value is -1.06. The summed E-state index contributed by atoms with van der Waals surface area (Å²) in [6.07, 6.45) is 5.92. The van der Waals surface area contributed by atoms with Crippen molar-refractivity contribution in [3.63, 3.8) is 0 Å². The zero-order valence-corrected chi connectivity index (χ0v) is 14.4. The molecule has 122 valence electrons. The van der Waals surface area contributed by atoms with Gasteiger partial charge in [0.2, 0.25) is 5.91 Å². The summed E-state index contributed by atoms with van der Waals surface area (Å²) in [6, 6.07) is 6.83. The van der Waals surface area contributed by atoms with Gasteiger partial charge >= 0.3 is 0 Å². The number of aryl methyl sites for hydroxylation is 2. The Balaban J connectivity index is 0.00000176. The molecule has 0 spiro atoms. The van der Waals surface area contributed by atoms with Crippen molar-refractivity contribution in [2.24, 2.45) is 5.41 Å². The molecule has 1 amide bonds. The van der Waals surface area contributed by atoms with Gasteiger partial charge < -0.3 is 10.6 Å². The number of fused-ring (bicyclic) bond motifs is 1. The molecule has 0 saturated carbocycles. The van der Waals surface area contributed by atoms with Gasteiger partial charge in [0.25, 0.3) is 0 Å². The van der Waals surface area contributed by atoms with E-state index in [1.807, 2.05) is 0 Å². The van der Waals surface area contributed by atoms with E-state index in [4.69, 9.17) is 0 Å². The lowest BCUT2D eigenvalue weighted by molar-refractivity contribution is -0.129. The summed E-state index contributed by atoms with van der Waals surface area (Å²) >= 11 is 0. The van der Waals surface area contributed by atoms with Crippen molar-refractivity contribution in [3.05, 3.63) is 34.9 Å². The fourth-order valence-corrected chi connectivity index (χ4v) is 3.49. The number of halogens is 1. The lowest BCUT2D eigenvalue weighted by atomic mass is 9.87. The highest BCUT2D eigenvalue weighted by molar-refractivity contribution is 5.85. The largest absolute Gasteiger partial charge is 0.349 e. The zero-order valence-electron chi connectivity index (χ0n) is 13.6. The van der Waals surface area contributed by atoms with E-state index in [-0.39, 0.29) is 29.8 Å². The average molecular weight is 323 g/mol. The molecule has 1 heterocycles. The van der Waals surface area contributed by atoms with E-state index in [9.17, 15) is 4.79 Å². The molecule has 1 fully saturated rings. The van der Waals surface area contributed by atoms with E-state index in [0.29, 0.717) is 0 Å². The summed E-state index contributed by atoms with van der Waals surface area (Å²) in [5.74, 6) is 0.178. The predicted octanol–water partition coefficient (Wildman–Crippen LogP) is 3.16. The highest BCUT2D eigenvalue weighted by atomic mass is 35.5. The molecule has 1 aliphatic carbocycles. The molecular weight excluding hydrogens is 296 g/mol. The van der Waals surface area contributed by atoms with Gasteiger partial charge in [-0.15, -0.1) is 12.4 Å². The van der Waals surface area contributed by atoms with Crippen molar-refractivity contribution in [2.75, 3.05) is 13.1 Å². The van der Waals surface area contributed by atoms with Crippen LogP contribution in [0.25, 0.3) is 0 Å². The van der Waals surface area contributed by atoms with Crippen LogP contribution in [0.4, 0.5) is 0 Å². The second kappa shape index (κ2) is 7.01. The first-order valence-corrected chi connectivity index (χ1v) is 8.22. The molecule has 2 atom stereocenters. The normalized spacial score (nSPS) is 25.0. The Bertz CT molecular complexity index is 538. The van der Waals surface area contributed by atoms with E-state index in [1.165, 1.54) is 42.4 Å². The van der Waals surface area contributed by atoms with E-state index in [0.717, 1.165) is 19.5 Å². The maximum Gasteiger partial charge on any atom is 0.227 e. The van der Waals surface area contributed by atoms with Gasteiger partial charge in [0.15, 0.2) is 0 Å². The molecule has 3 nitrogen and oxygen atoms in total. The molecule has 1 aromatic rings. The molecule has 2 aliphatic rings. The number of carbonyl (C=O) groups is 1. The van der Waals surface area contributed by atoms with Crippen molar-refractivity contribution in [2.45, 2.75) is 52.0 Å². The monoisotopic (exact) mass is 322 g/mol. The van der Waals surface area contributed by atoms with Crippen LogP contribution in [-0.2, 0) is 17.6 Å². The molecule has 1 aromatic carbocycles. The maximum absolute atomic E-state index is 12.5. The smallest absolute Gasteiger partial charge is 0.227 e. The van der Waals surface area contributed by atoms with E-state index in [1.54, 1.807) is 0 Å². The standard InChI is InChI=1S/C18H26N2O.ClH/c1-13(20-17(21)18(2)9-10-19-12-18)15-8-7-14-5-3-4-6-16(14)11-15;/h7-8,11,13,19H,3-6,9-10,12H2,1-2H3,(H,20,21);1H. The van der Waals surface area contributed by atoms with Crippen LogP contribution in [0, 0.1) is 5.41 Å². The van der Waals surface area contributed by atoms with Gasteiger partial charge in [-0.05, 0) is 69.2 Å². The Morgan fingerprint density at radius 3 is 2.68 bits per heavy atom. The summed E-state index contributed by atoms with van der Waals surface area (Å²) in [4.78, 5) is 12.5. The van der Waals surface area contributed by atoms with E-state index in [2.05, 4.69) is 42.7 Å². The minimum atomic E-state index is -0.248. The molecule has 0 bridgehead atoms. The molecule has 3 rings (SSSR count). The van der Waals surface area contributed by atoms with Crippen LogP contribution >= 0.6 is 12.4 Å². The lowest BCUT2D eigenvalue weighted by Gasteiger charge is -2.25. The molecule has 4 heteroatoms. The van der Waals surface area contributed by atoms with Crippen LogP contribution in [0.15, 0.2) is 18.2 Å². The molecule has 0 aromatic heterocycles. The van der Waals surface area contributed by atoms with Crippen LogP contribution in [0.1, 0.15) is 55.8 Å². The van der Waals surface area contributed by atoms with Crippen molar-refractivity contribution < 1.29 is 4.79 Å². The van der Waals surface area contributed by atoms with Crippen molar-refractivity contribution in [1.29, 1.82) is 0 Å². The van der Waals surface area contributed by atoms with Gasteiger partial charge in [-0.3, -0.25) is 4.79 Å². The summed E-state index contributed by atoms with van der Waals surface area (Å²) in [5.41, 5.74) is 3.96. The first kappa shape index (κ1) is 17.3. The van der Waals surface area contributed by atoms with Crippen LogP contribution < -0.4 is 10.6 Å². The maximum atomic E-state index is 12.5. The Morgan fingerprint density at radius 1 is 1.27 bits per heavy atom. The minimum Gasteiger partial charge on any atom is -0.349 e. The molecule has 2 N–H and O–H groups in total. The quantitative estimate of drug-likeness (QED) is 0.897. The molecule has 0 radical (unpaired) electrons. The van der Waals surface area contributed by atoms with Crippen LogP contribution in [-0.4, -0.2) is 19.0 Å². The summed E-state index contributed by atoms with van der Waals surface area (Å²) in [5, 5.41) is 6.49. The van der Waals surface area contributed by atoms with Crippen molar-refractivity contribution in [3.8, 4) is 0 Å². The second-order valence-electron chi connectivity index (χ2n) is 6.92. The molecule has 1 aliphatic heterocycles. The average Bonchev–Trinajstić information content (AvgIpc) is 2.95. The fraction of sp³-hybridized carbons (Fsp3) is 0.611. The zero-order chi connectivity index (χ0) is 14.9. The fourth-order valence-electron chi connectivity index (χ4n) is 3.49. The third-order valence-electron chi connectivity index (χ3n) is 5.14. The number of nitrogens with one attached hydrogen (secondary N) is 2. The summed E-state index contributed by atoms with van der Waals surface area (Å²) in [6.45, 7) is 5.88. The van der Waals surface area contributed by atoms with E-state index >= 15 is 0 Å². The van der Waals surface area contributed by atoms with Crippen LogP contribution in [0.2, 0.25) is 0 Å². The van der Waals surface area contributed by atoms with Crippen molar-refractivity contribution >= 4 is 18.3 Å². The molecule has 22 heavy (non-hydrogen) atoms. The molecule has 1 saturated heterocycles. The molecular formula is C18H27ClN2O. The molecule has 2 unspecified atom stereocenters. The highest BCUT2D eigenvalue weighted by Gasteiger charge is 2.36. The predicted molar refractivity (Wildman–Crippen MR) is 92.5 cm³/mol. The number of carbonyl (C=O) groups excluding carboxylic acids is 1. The lowest BCUT2D eigenvalue weighted by Crippen LogP contribution is -2.41. The summed E-state index contributed by atoms with van der Waals surface area (Å²) < 4.78 is 0. The van der Waals surface area contributed by atoms with Gasteiger partial charge in [0, 0.05) is 6.54 Å². The van der Waals surface area contributed by atoms with E-state index < -0.39 is 0 Å². The Morgan fingerprint density at radius 2 is 2.00 bits per heavy atom. The third-order valence-corrected chi connectivity index (χ3v) is 5.14. The Kier molecular flexibility index (Phi) is 5.51. The van der Waals surface area contributed by atoms with Gasteiger partial charge in [0.1, 0.15) is 0 Å². The number of amides is 1. The first-order chi connectivity index (χ1) is 10.1. The van der Waals surface area contributed by atoms with Gasteiger partial charge in [-0.25, -0.2) is 0 Å². The second-order valence-corrected chi connectivity index (χ2v) is 6.92. The number of rotatable bonds is 3. The van der Waals surface area contributed by atoms with Crippen LogP contribution in [0.5, 0.6) is 0 Å². The minimum absolute atomic E-state index is 0. The number of hydrogen-bond donors (Lipinski definition) is 2. The van der Waals surface area contributed by atoms with Crippen LogP contribution in [0.3, 0.4) is 0 Å². The first-order valence-electron chi connectivity index (χ1n) is 8.22. The van der Waals surface area contributed by atoms with Gasteiger partial charge in [0.05, 0.1) is 11.5 Å². The number of hydrogen-bond acceptors (Lipinski definition) is 2. The van der Waals surface area contributed by atoms with Crippen molar-refractivity contribution in [1.82, 2.24) is 10.6 Å².